The van der Waals surface area contributed by atoms with Crippen molar-refractivity contribution in [1.29, 1.82) is 0 Å². The normalized spacial score (nSPS) is 15.1. The van der Waals surface area contributed by atoms with Crippen LogP contribution >= 0.6 is 15.9 Å². The third-order valence-electron chi connectivity index (χ3n) is 4.02. The molecule has 1 aliphatic heterocycles. The molecule has 2 aromatic carbocycles. The number of carbonyl (C=O) groups excluding carboxylic acids is 2. The highest BCUT2D eigenvalue weighted by atomic mass is 79.9. The van der Waals surface area contributed by atoms with Crippen molar-refractivity contribution in [2.75, 3.05) is 26.3 Å². The number of carbonyl (C=O) groups is 2. The molecule has 1 fully saturated rings. The van der Waals surface area contributed by atoms with Crippen molar-refractivity contribution in [2.45, 2.75) is 0 Å². The maximum Gasteiger partial charge on any atom is 0.209 e. The average molecular weight is 400 g/mol. The standard InChI is InChI=1S/C20H18BrNO3/c21-17-8-6-16(7-9-17)20(24)18(22-10-12-25-13-11-22)14-19(23)15-4-2-1-3-5-15/h1-9,14H,10-13H2. The Morgan fingerprint density at radius 3 is 2.20 bits per heavy atom. The van der Waals surface area contributed by atoms with Gasteiger partial charge in [0.2, 0.25) is 5.78 Å². The maximum absolute atomic E-state index is 13.0. The summed E-state index contributed by atoms with van der Waals surface area (Å²) in [4.78, 5) is 27.5. The SMILES string of the molecule is O=C(C=C(C(=O)c1ccc(Br)cc1)N1CCOCC1)c1ccccc1. The van der Waals surface area contributed by atoms with Gasteiger partial charge in [-0.05, 0) is 24.3 Å². The van der Waals surface area contributed by atoms with E-state index < -0.39 is 0 Å². The molecular weight excluding hydrogens is 382 g/mol. The van der Waals surface area contributed by atoms with Crippen molar-refractivity contribution < 1.29 is 14.3 Å². The zero-order chi connectivity index (χ0) is 17.6. The molecule has 0 aromatic heterocycles. The lowest BCUT2D eigenvalue weighted by Gasteiger charge is -2.30. The monoisotopic (exact) mass is 399 g/mol. The summed E-state index contributed by atoms with van der Waals surface area (Å²) in [6, 6.07) is 16.1. The van der Waals surface area contributed by atoms with Crippen LogP contribution in [0.3, 0.4) is 0 Å². The molecule has 0 bridgehead atoms. The highest BCUT2D eigenvalue weighted by Gasteiger charge is 2.22. The Balaban J connectivity index is 1.94. The quantitative estimate of drug-likeness (QED) is 0.567. The van der Waals surface area contributed by atoms with Gasteiger partial charge in [-0.25, -0.2) is 0 Å². The van der Waals surface area contributed by atoms with E-state index in [0.717, 1.165) is 4.47 Å². The molecule has 1 aliphatic rings. The average Bonchev–Trinajstić information content (AvgIpc) is 2.67. The molecule has 0 amide bonds. The van der Waals surface area contributed by atoms with Crippen LogP contribution in [0.2, 0.25) is 0 Å². The smallest absolute Gasteiger partial charge is 0.209 e. The molecule has 0 spiro atoms. The first-order chi connectivity index (χ1) is 12.1. The lowest BCUT2D eigenvalue weighted by atomic mass is 10.0. The van der Waals surface area contributed by atoms with Crippen molar-refractivity contribution in [3.05, 3.63) is 82.0 Å². The van der Waals surface area contributed by atoms with E-state index in [1.165, 1.54) is 6.08 Å². The Labute approximate surface area is 155 Å². The van der Waals surface area contributed by atoms with Gasteiger partial charge in [0.05, 0.1) is 18.9 Å². The largest absolute Gasteiger partial charge is 0.378 e. The number of hydrogen-bond donors (Lipinski definition) is 0. The minimum Gasteiger partial charge on any atom is -0.378 e. The summed E-state index contributed by atoms with van der Waals surface area (Å²) in [6.45, 7) is 2.28. The van der Waals surface area contributed by atoms with Gasteiger partial charge in [-0.15, -0.1) is 0 Å². The highest BCUT2D eigenvalue weighted by Crippen LogP contribution is 2.18. The summed E-state index contributed by atoms with van der Waals surface area (Å²) in [6.07, 6.45) is 1.45. The van der Waals surface area contributed by atoms with Crippen molar-refractivity contribution in [3.63, 3.8) is 0 Å². The Hall–Kier alpha value is -2.24. The number of morpholine rings is 1. The number of rotatable bonds is 5. The number of halogens is 1. The first-order valence-corrected chi connectivity index (χ1v) is 8.88. The second-order valence-electron chi connectivity index (χ2n) is 5.70. The molecule has 1 saturated heterocycles. The molecular formula is C20H18BrNO3. The fourth-order valence-electron chi connectivity index (χ4n) is 2.66. The van der Waals surface area contributed by atoms with Crippen LogP contribution in [0.4, 0.5) is 0 Å². The van der Waals surface area contributed by atoms with E-state index >= 15 is 0 Å². The lowest BCUT2D eigenvalue weighted by Crippen LogP contribution is -2.38. The van der Waals surface area contributed by atoms with E-state index in [1.54, 1.807) is 24.3 Å². The van der Waals surface area contributed by atoms with E-state index in [-0.39, 0.29) is 11.6 Å². The third-order valence-corrected chi connectivity index (χ3v) is 4.55. The van der Waals surface area contributed by atoms with Crippen molar-refractivity contribution in [3.8, 4) is 0 Å². The fraction of sp³-hybridized carbons (Fsp3) is 0.200. The molecule has 25 heavy (non-hydrogen) atoms. The van der Waals surface area contributed by atoms with Gasteiger partial charge in [0.1, 0.15) is 0 Å². The minimum atomic E-state index is -0.174. The number of ketones is 2. The predicted octanol–water partition coefficient (Wildman–Crippen LogP) is 3.73. The molecule has 4 nitrogen and oxygen atoms in total. The van der Waals surface area contributed by atoms with Crippen LogP contribution < -0.4 is 0 Å². The van der Waals surface area contributed by atoms with E-state index in [9.17, 15) is 9.59 Å². The first-order valence-electron chi connectivity index (χ1n) is 8.09. The number of allylic oxidation sites excluding steroid dienone is 2. The molecule has 0 radical (unpaired) electrons. The Morgan fingerprint density at radius 2 is 1.56 bits per heavy atom. The molecule has 0 unspecified atom stereocenters. The molecule has 2 aromatic rings. The summed E-state index contributed by atoms with van der Waals surface area (Å²) < 4.78 is 6.27. The number of hydrogen-bond acceptors (Lipinski definition) is 4. The van der Waals surface area contributed by atoms with Crippen LogP contribution in [0, 0.1) is 0 Å². The van der Waals surface area contributed by atoms with Gasteiger partial charge in [-0.1, -0.05) is 46.3 Å². The number of ether oxygens (including phenoxy) is 1. The van der Waals surface area contributed by atoms with Gasteiger partial charge in [-0.2, -0.15) is 0 Å². The van der Waals surface area contributed by atoms with Crippen LogP contribution in [0.25, 0.3) is 0 Å². The van der Waals surface area contributed by atoms with Gasteiger partial charge >= 0.3 is 0 Å². The summed E-state index contributed by atoms with van der Waals surface area (Å²) >= 11 is 3.37. The van der Waals surface area contributed by atoms with Crippen LogP contribution in [0.1, 0.15) is 20.7 Å². The molecule has 3 rings (SSSR count). The zero-order valence-electron chi connectivity index (χ0n) is 13.7. The lowest BCUT2D eigenvalue weighted by molar-refractivity contribution is 0.0504. The minimum absolute atomic E-state index is 0.154. The van der Waals surface area contributed by atoms with Crippen LogP contribution in [-0.2, 0) is 4.74 Å². The van der Waals surface area contributed by atoms with Crippen molar-refractivity contribution in [1.82, 2.24) is 4.90 Å². The van der Waals surface area contributed by atoms with Crippen LogP contribution in [0.5, 0.6) is 0 Å². The topological polar surface area (TPSA) is 46.6 Å². The Kier molecular flexibility index (Phi) is 5.79. The predicted molar refractivity (Wildman–Crippen MR) is 99.7 cm³/mol. The van der Waals surface area contributed by atoms with Gasteiger partial charge in [0.15, 0.2) is 5.78 Å². The Morgan fingerprint density at radius 1 is 0.920 bits per heavy atom. The molecule has 128 valence electrons. The summed E-state index contributed by atoms with van der Waals surface area (Å²) in [5, 5.41) is 0. The molecule has 0 N–H and O–H groups in total. The molecule has 0 aliphatic carbocycles. The second kappa shape index (κ2) is 8.23. The van der Waals surface area contributed by atoms with Gasteiger partial charge in [0.25, 0.3) is 0 Å². The number of nitrogens with zero attached hydrogens (tertiary/aromatic N) is 1. The molecule has 0 atom stereocenters. The number of benzene rings is 2. The summed E-state index contributed by atoms with van der Waals surface area (Å²) in [5.41, 5.74) is 1.54. The third kappa shape index (κ3) is 4.44. The molecule has 1 heterocycles. The van der Waals surface area contributed by atoms with E-state index in [4.69, 9.17) is 4.74 Å². The fourth-order valence-corrected chi connectivity index (χ4v) is 2.93. The summed E-state index contributed by atoms with van der Waals surface area (Å²) in [7, 11) is 0. The van der Waals surface area contributed by atoms with Crippen LogP contribution in [-0.4, -0.2) is 42.8 Å². The second-order valence-corrected chi connectivity index (χ2v) is 6.61. The Bertz CT molecular complexity index is 778. The van der Waals surface area contributed by atoms with Crippen molar-refractivity contribution in [2.24, 2.45) is 0 Å². The van der Waals surface area contributed by atoms with Crippen molar-refractivity contribution >= 4 is 27.5 Å². The van der Waals surface area contributed by atoms with Crippen LogP contribution in [0.15, 0.2) is 70.8 Å². The molecule has 5 heteroatoms. The maximum atomic E-state index is 13.0. The zero-order valence-corrected chi connectivity index (χ0v) is 15.2. The van der Waals surface area contributed by atoms with Gasteiger partial charge in [0, 0.05) is 34.8 Å². The summed E-state index contributed by atoms with van der Waals surface area (Å²) in [5.74, 6) is -0.328. The number of Topliss-reactive ketones (excluding diaryl/α,β-unsaturated/α-hetero) is 1. The van der Waals surface area contributed by atoms with E-state index in [1.807, 2.05) is 35.2 Å². The van der Waals surface area contributed by atoms with Gasteiger partial charge in [-0.3, -0.25) is 9.59 Å². The first kappa shape index (κ1) is 17.6. The van der Waals surface area contributed by atoms with E-state index in [0.29, 0.717) is 43.1 Å². The molecule has 0 saturated carbocycles. The van der Waals surface area contributed by atoms with E-state index in [2.05, 4.69) is 15.9 Å². The highest BCUT2D eigenvalue weighted by molar-refractivity contribution is 9.10. The van der Waals surface area contributed by atoms with Gasteiger partial charge < -0.3 is 9.64 Å².